The Labute approximate surface area is 173 Å². The molecule has 0 aliphatic rings. The molecule has 156 valence electrons. The van der Waals surface area contributed by atoms with Gasteiger partial charge >= 0.3 is 11.6 Å². The lowest BCUT2D eigenvalue weighted by atomic mass is 10.1. The predicted octanol–water partition coefficient (Wildman–Crippen LogP) is 3.35. The average Bonchev–Trinajstić information content (AvgIpc) is 2.71. The molecule has 0 unspecified atom stereocenters. The van der Waals surface area contributed by atoms with E-state index in [9.17, 15) is 14.4 Å². The van der Waals surface area contributed by atoms with Crippen LogP contribution in [0.15, 0.2) is 51.7 Å². The fourth-order valence-corrected chi connectivity index (χ4v) is 2.91. The lowest BCUT2D eigenvalue weighted by molar-refractivity contribution is -0.130. The quantitative estimate of drug-likeness (QED) is 0.353. The Hall–Kier alpha value is -3.61. The van der Waals surface area contributed by atoms with Gasteiger partial charge in [0.1, 0.15) is 17.1 Å². The molecule has 0 fully saturated rings. The summed E-state index contributed by atoms with van der Waals surface area (Å²) >= 11 is 0. The largest absolute Gasteiger partial charge is 0.484 e. The van der Waals surface area contributed by atoms with Crippen LogP contribution in [-0.2, 0) is 11.2 Å². The van der Waals surface area contributed by atoms with Crippen molar-refractivity contribution in [2.45, 2.75) is 20.3 Å². The zero-order valence-electron chi connectivity index (χ0n) is 17.4. The van der Waals surface area contributed by atoms with Crippen LogP contribution < -0.4 is 15.1 Å². The second-order valence-electron chi connectivity index (χ2n) is 7.05. The first-order valence-electron chi connectivity index (χ1n) is 9.51. The number of benzene rings is 2. The van der Waals surface area contributed by atoms with Crippen molar-refractivity contribution in [1.82, 2.24) is 4.90 Å². The minimum absolute atomic E-state index is 0.130. The SMILES string of the molecule is CCc1cc2c(C)cc(=O)oc2cc1OC(=O)c1cccc(OCC(=O)N(C)C)c1. The molecule has 0 bridgehead atoms. The van der Waals surface area contributed by atoms with Gasteiger partial charge in [0, 0.05) is 31.6 Å². The summed E-state index contributed by atoms with van der Waals surface area (Å²) in [7, 11) is 3.27. The average molecular weight is 409 g/mol. The lowest BCUT2D eigenvalue weighted by Gasteiger charge is -2.13. The van der Waals surface area contributed by atoms with Crippen LogP contribution in [0.3, 0.4) is 0 Å². The van der Waals surface area contributed by atoms with Gasteiger partial charge in [0.2, 0.25) is 0 Å². The van der Waals surface area contributed by atoms with Crippen LogP contribution in [0, 0.1) is 6.92 Å². The maximum absolute atomic E-state index is 12.7. The zero-order chi connectivity index (χ0) is 21.8. The number of likely N-dealkylation sites (N-methyl/N-ethyl adjacent to an activating group) is 1. The summed E-state index contributed by atoms with van der Waals surface area (Å²) in [6.45, 7) is 3.65. The minimum atomic E-state index is -0.580. The highest BCUT2D eigenvalue weighted by molar-refractivity contribution is 5.92. The Morgan fingerprint density at radius 2 is 1.87 bits per heavy atom. The summed E-state index contributed by atoms with van der Waals surface area (Å²) < 4.78 is 16.3. The normalized spacial score (nSPS) is 10.7. The number of esters is 1. The van der Waals surface area contributed by atoms with Crippen LogP contribution in [0.1, 0.15) is 28.4 Å². The monoisotopic (exact) mass is 409 g/mol. The molecule has 0 aliphatic heterocycles. The van der Waals surface area contributed by atoms with E-state index in [1.807, 2.05) is 19.9 Å². The van der Waals surface area contributed by atoms with Gasteiger partial charge < -0.3 is 18.8 Å². The van der Waals surface area contributed by atoms with Crippen LogP contribution in [-0.4, -0.2) is 37.5 Å². The minimum Gasteiger partial charge on any atom is -0.484 e. The van der Waals surface area contributed by atoms with Crippen LogP contribution in [0.5, 0.6) is 11.5 Å². The van der Waals surface area contributed by atoms with Crippen molar-refractivity contribution in [3.05, 3.63) is 69.6 Å². The molecule has 0 atom stereocenters. The molecule has 1 amide bonds. The number of carbonyl (C=O) groups excluding carboxylic acids is 2. The zero-order valence-corrected chi connectivity index (χ0v) is 17.4. The third-order valence-corrected chi connectivity index (χ3v) is 4.65. The summed E-state index contributed by atoms with van der Waals surface area (Å²) in [4.78, 5) is 37.5. The molecule has 0 radical (unpaired) electrons. The van der Waals surface area contributed by atoms with E-state index in [0.717, 1.165) is 16.5 Å². The van der Waals surface area contributed by atoms with Gasteiger partial charge in [-0.05, 0) is 48.7 Å². The Kier molecular flexibility index (Phi) is 6.20. The van der Waals surface area contributed by atoms with Crippen LogP contribution in [0.2, 0.25) is 0 Å². The topological polar surface area (TPSA) is 86.0 Å². The first-order chi connectivity index (χ1) is 14.3. The van der Waals surface area contributed by atoms with Gasteiger partial charge in [0.25, 0.3) is 5.91 Å². The second kappa shape index (κ2) is 8.82. The summed E-state index contributed by atoms with van der Waals surface area (Å²) in [5, 5.41) is 0.798. The first kappa shape index (κ1) is 21.1. The van der Waals surface area contributed by atoms with Crippen molar-refractivity contribution in [2.75, 3.05) is 20.7 Å². The third kappa shape index (κ3) is 4.68. The Morgan fingerprint density at radius 3 is 2.57 bits per heavy atom. The van der Waals surface area contributed by atoms with E-state index in [-0.39, 0.29) is 18.1 Å². The number of amides is 1. The van der Waals surface area contributed by atoms with Crippen molar-refractivity contribution in [3.63, 3.8) is 0 Å². The molecule has 0 aliphatic carbocycles. The van der Waals surface area contributed by atoms with Gasteiger partial charge in [0.15, 0.2) is 6.61 Å². The molecule has 0 N–H and O–H groups in total. The first-order valence-corrected chi connectivity index (χ1v) is 9.51. The molecule has 2 aromatic carbocycles. The van der Waals surface area contributed by atoms with Crippen LogP contribution in [0.4, 0.5) is 0 Å². The van der Waals surface area contributed by atoms with Gasteiger partial charge in [-0.25, -0.2) is 9.59 Å². The maximum Gasteiger partial charge on any atom is 0.343 e. The molecule has 0 saturated heterocycles. The number of fused-ring (bicyclic) bond motifs is 1. The van der Waals surface area contributed by atoms with Gasteiger partial charge in [-0.2, -0.15) is 0 Å². The Bertz CT molecular complexity index is 1160. The molecule has 7 heteroatoms. The number of ether oxygens (including phenoxy) is 2. The summed E-state index contributed by atoms with van der Waals surface area (Å²) in [5.74, 6) is -0.0553. The van der Waals surface area contributed by atoms with Crippen molar-refractivity contribution < 1.29 is 23.5 Å². The molecular weight excluding hydrogens is 386 g/mol. The van der Waals surface area contributed by atoms with Crippen molar-refractivity contribution in [1.29, 1.82) is 0 Å². The number of nitrogens with zero attached hydrogens (tertiary/aromatic N) is 1. The second-order valence-corrected chi connectivity index (χ2v) is 7.05. The van der Waals surface area contributed by atoms with E-state index in [1.54, 1.807) is 38.4 Å². The van der Waals surface area contributed by atoms with Crippen molar-refractivity contribution in [2.24, 2.45) is 0 Å². The fourth-order valence-electron chi connectivity index (χ4n) is 2.91. The van der Waals surface area contributed by atoms with Gasteiger partial charge in [-0.15, -0.1) is 0 Å². The highest BCUT2D eigenvalue weighted by Crippen LogP contribution is 2.28. The molecule has 30 heavy (non-hydrogen) atoms. The summed E-state index contributed by atoms with van der Waals surface area (Å²) in [5.41, 5.74) is 1.79. The molecule has 1 heterocycles. The van der Waals surface area contributed by atoms with E-state index in [2.05, 4.69) is 0 Å². The summed E-state index contributed by atoms with van der Waals surface area (Å²) in [6.07, 6.45) is 0.632. The van der Waals surface area contributed by atoms with E-state index in [1.165, 1.54) is 17.0 Å². The number of hydrogen-bond donors (Lipinski definition) is 0. The molecule has 0 saturated carbocycles. The molecule has 7 nitrogen and oxygen atoms in total. The van der Waals surface area contributed by atoms with Gasteiger partial charge in [0.05, 0.1) is 5.56 Å². The van der Waals surface area contributed by atoms with Crippen molar-refractivity contribution in [3.8, 4) is 11.5 Å². The molecule has 3 aromatic rings. The fraction of sp³-hybridized carbons (Fsp3) is 0.261. The van der Waals surface area contributed by atoms with Gasteiger partial charge in [-0.3, -0.25) is 4.79 Å². The summed E-state index contributed by atoms with van der Waals surface area (Å²) in [6, 6.07) is 11.3. The van der Waals surface area contributed by atoms with Crippen molar-refractivity contribution >= 4 is 22.8 Å². The molecule has 0 spiro atoms. The number of carbonyl (C=O) groups is 2. The number of aryl methyl sites for hydroxylation is 2. The molecule has 1 aromatic heterocycles. The van der Waals surface area contributed by atoms with E-state index in [0.29, 0.717) is 23.5 Å². The highest BCUT2D eigenvalue weighted by Gasteiger charge is 2.15. The molecular formula is C23H23NO6. The Morgan fingerprint density at radius 1 is 1.10 bits per heavy atom. The predicted molar refractivity (Wildman–Crippen MR) is 112 cm³/mol. The number of hydrogen-bond acceptors (Lipinski definition) is 6. The Balaban J connectivity index is 1.85. The van der Waals surface area contributed by atoms with E-state index >= 15 is 0 Å². The van der Waals surface area contributed by atoms with E-state index < -0.39 is 11.6 Å². The smallest absolute Gasteiger partial charge is 0.343 e. The van der Waals surface area contributed by atoms with Crippen LogP contribution in [0.25, 0.3) is 11.0 Å². The van der Waals surface area contributed by atoms with Crippen LogP contribution >= 0.6 is 0 Å². The number of rotatable bonds is 6. The van der Waals surface area contributed by atoms with E-state index in [4.69, 9.17) is 13.9 Å². The standard InChI is InChI=1S/C23H23NO6/c1-5-15-11-18-14(2)9-22(26)29-20(18)12-19(15)30-23(27)16-7-6-8-17(10-16)28-13-21(25)24(3)4/h6-12H,5,13H2,1-4H3. The molecule has 3 rings (SSSR count). The maximum atomic E-state index is 12.7. The third-order valence-electron chi connectivity index (χ3n) is 4.65. The van der Waals surface area contributed by atoms with Gasteiger partial charge in [-0.1, -0.05) is 13.0 Å². The lowest BCUT2D eigenvalue weighted by Crippen LogP contribution is -2.27. The highest BCUT2D eigenvalue weighted by atomic mass is 16.5.